The first kappa shape index (κ1) is 18.4. The van der Waals surface area contributed by atoms with Gasteiger partial charge in [-0.25, -0.2) is 4.98 Å². The molecule has 0 aliphatic carbocycles. The first-order valence-electron chi connectivity index (χ1n) is 9.02. The molecule has 0 saturated heterocycles. The molecule has 0 radical (unpaired) electrons. The second-order valence-corrected chi connectivity index (χ2v) is 7.52. The average Bonchev–Trinajstić information content (AvgIpc) is 2.74. The van der Waals surface area contributed by atoms with Gasteiger partial charge in [0.15, 0.2) is 17.6 Å². The fourth-order valence-corrected chi connectivity index (χ4v) is 3.88. The summed E-state index contributed by atoms with van der Waals surface area (Å²) < 4.78 is 11.7. The van der Waals surface area contributed by atoms with Crippen molar-refractivity contribution >= 4 is 17.7 Å². The van der Waals surface area contributed by atoms with Crippen LogP contribution in [0.15, 0.2) is 82.8 Å². The minimum absolute atomic E-state index is 0.0889. The molecule has 5 nitrogen and oxygen atoms in total. The van der Waals surface area contributed by atoms with Gasteiger partial charge < -0.3 is 14.4 Å². The van der Waals surface area contributed by atoms with Crippen LogP contribution in [-0.4, -0.2) is 42.1 Å². The Bertz CT molecular complexity index is 965. The standard InChI is InChI=1S/C22H20N2O3S/c1-24(14-16-15-26-19-11-5-6-12-20(19)27-16)22(25)18-10-7-13-23-21(18)28-17-8-3-2-4-9-17/h2-13,16H,14-15H2,1H3/t16-/m0/s1. The van der Waals surface area contributed by atoms with Crippen molar-refractivity contribution in [1.29, 1.82) is 0 Å². The zero-order valence-electron chi connectivity index (χ0n) is 15.4. The van der Waals surface area contributed by atoms with Crippen LogP contribution in [-0.2, 0) is 0 Å². The topological polar surface area (TPSA) is 51.7 Å². The predicted molar refractivity (Wildman–Crippen MR) is 108 cm³/mol. The highest BCUT2D eigenvalue weighted by Crippen LogP contribution is 2.32. The van der Waals surface area contributed by atoms with E-state index in [1.165, 1.54) is 11.8 Å². The van der Waals surface area contributed by atoms with Gasteiger partial charge in [-0.1, -0.05) is 42.1 Å². The molecule has 2 heterocycles. The van der Waals surface area contributed by atoms with Crippen molar-refractivity contribution in [1.82, 2.24) is 9.88 Å². The van der Waals surface area contributed by atoms with E-state index in [0.717, 1.165) is 10.6 Å². The molecule has 28 heavy (non-hydrogen) atoms. The molecule has 142 valence electrons. The van der Waals surface area contributed by atoms with E-state index in [9.17, 15) is 4.79 Å². The molecule has 1 atom stereocenters. The fourth-order valence-electron chi connectivity index (χ4n) is 2.98. The van der Waals surface area contributed by atoms with Crippen molar-refractivity contribution in [3.05, 3.63) is 78.5 Å². The van der Waals surface area contributed by atoms with Crippen molar-refractivity contribution in [2.24, 2.45) is 0 Å². The highest BCUT2D eigenvalue weighted by atomic mass is 32.2. The summed E-state index contributed by atoms with van der Waals surface area (Å²) in [6.45, 7) is 0.838. The van der Waals surface area contributed by atoms with E-state index in [1.807, 2.05) is 60.7 Å². The first-order valence-corrected chi connectivity index (χ1v) is 9.84. The zero-order valence-corrected chi connectivity index (χ0v) is 16.3. The number of fused-ring (bicyclic) bond motifs is 1. The lowest BCUT2D eigenvalue weighted by Gasteiger charge is -2.29. The van der Waals surface area contributed by atoms with Gasteiger partial charge in [0.25, 0.3) is 5.91 Å². The Kier molecular flexibility index (Phi) is 5.48. The van der Waals surface area contributed by atoms with Crippen LogP contribution in [0.5, 0.6) is 11.5 Å². The third kappa shape index (κ3) is 4.12. The van der Waals surface area contributed by atoms with Crippen LogP contribution in [0.3, 0.4) is 0 Å². The van der Waals surface area contributed by atoms with Crippen LogP contribution in [0.25, 0.3) is 0 Å². The summed E-state index contributed by atoms with van der Waals surface area (Å²) in [5.41, 5.74) is 0.580. The number of benzene rings is 2. The van der Waals surface area contributed by atoms with Crippen molar-refractivity contribution in [2.45, 2.75) is 16.0 Å². The number of nitrogens with zero attached hydrogens (tertiary/aromatic N) is 2. The van der Waals surface area contributed by atoms with Crippen molar-refractivity contribution < 1.29 is 14.3 Å². The molecule has 0 unspecified atom stereocenters. The van der Waals surface area contributed by atoms with Gasteiger partial charge in [-0.2, -0.15) is 0 Å². The van der Waals surface area contributed by atoms with Gasteiger partial charge in [0, 0.05) is 18.1 Å². The van der Waals surface area contributed by atoms with Crippen LogP contribution in [0.2, 0.25) is 0 Å². The lowest BCUT2D eigenvalue weighted by Crippen LogP contribution is -2.42. The molecule has 0 N–H and O–H groups in total. The van der Waals surface area contributed by atoms with Gasteiger partial charge in [-0.05, 0) is 36.4 Å². The molecular formula is C22H20N2O3S. The maximum Gasteiger partial charge on any atom is 0.256 e. The molecular weight excluding hydrogens is 372 g/mol. The number of amides is 1. The lowest BCUT2D eigenvalue weighted by atomic mass is 10.2. The number of para-hydroxylation sites is 2. The molecule has 4 rings (SSSR count). The van der Waals surface area contributed by atoms with E-state index in [1.54, 1.807) is 24.2 Å². The molecule has 1 aliphatic rings. The number of ether oxygens (including phenoxy) is 2. The highest BCUT2D eigenvalue weighted by Gasteiger charge is 2.25. The largest absolute Gasteiger partial charge is 0.486 e. The Morgan fingerprint density at radius 3 is 2.64 bits per heavy atom. The predicted octanol–water partition coefficient (Wildman–Crippen LogP) is 4.14. The summed E-state index contributed by atoms with van der Waals surface area (Å²) in [5, 5.41) is 0.691. The summed E-state index contributed by atoms with van der Waals surface area (Å²) in [4.78, 5) is 20.2. The summed E-state index contributed by atoms with van der Waals surface area (Å²) in [6.07, 6.45) is 1.49. The van der Waals surface area contributed by atoms with Crippen molar-refractivity contribution in [3.8, 4) is 11.5 Å². The maximum atomic E-state index is 13.1. The minimum Gasteiger partial charge on any atom is -0.486 e. The summed E-state index contributed by atoms with van der Waals surface area (Å²) >= 11 is 1.48. The number of carbonyl (C=O) groups excluding carboxylic acids is 1. The summed E-state index contributed by atoms with van der Waals surface area (Å²) in [7, 11) is 1.77. The number of aromatic nitrogens is 1. The third-order valence-electron chi connectivity index (χ3n) is 4.35. The summed E-state index contributed by atoms with van der Waals surface area (Å²) in [5.74, 6) is 1.36. The van der Waals surface area contributed by atoms with Crippen molar-refractivity contribution in [3.63, 3.8) is 0 Å². The van der Waals surface area contributed by atoms with Gasteiger partial charge in [-0.3, -0.25) is 4.79 Å². The van der Waals surface area contributed by atoms with Crippen LogP contribution in [0.1, 0.15) is 10.4 Å². The highest BCUT2D eigenvalue weighted by molar-refractivity contribution is 7.99. The first-order chi connectivity index (χ1) is 13.7. The van der Waals surface area contributed by atoms with Gasteiger partial charge in [0.05, 0.1) is 12.1 Å². The lowest BCUT2D eigenvalue weighted by molar-refractivity contribution is 0.0518. The molecule has 6 heteroatoms. The van der Waals surface area contributed by atoms with E-state index in [0.29, 0.717) is 29.5 Å². The molecule has 2 aromatic carbocycles. The van der Waals surface area contributed by atoms with E-state index >= 15 is 0 Å². The Labute approximate surface area is 168 Å². The monoisotopic (exact) mass is 392 g/mol. The normalized spacial score (nSPS) is 15.1. The van der Waals surface area contributed by atoms with E-state index in [4.69, 9.17) is 9.47 Å². The summed E-state index contributed by atoms with van der Waals surface area (Å²) in [6, 6.07) is 21.1. The average molecular weight is 392 g/mol. The van der Waals surface area contributed by atoms with E-state index in [2.05, 4.69) is 4.98 Å². The maximum absolute atomic E-state index is 13.1. The zero-order chi connectivity index (χ0) is 19.3. The van der Waals surface area contributed by atoms with Gasteiger partial charge in [0.2, 0.25) is 0 Å². The number of carbonyl (C=O) groups is 1. The minimum atomic E-state index is -0.217. The van der Waals surface area contributed by atoms with Crippen LogP contribution >= 0.6 is 11.8 Å². The number of rotatable bonds is 5. The third-order valence-corrected chi connectivity index (χ3v) is 5.38. The van der Waals surface area contributed by atoms with Crippen molar-refractivity contribution in [2.75, 3.05) is 20.2 Å². The second kappa shape index (κ2) is 8.35. The second-order valence-electron chi connectivity index (χ2n) is 6.45. The number of likely N-dealkylation sites (N-methyl/N-ethyl adjacent to an activating group) is 1. The van der Waals surface area contributed by atoms with Gasteiger partial charge >= 0.3 is 0 Å². The Morgan fingerprint density at radius 2 is 1.82 bits per heavy atom. The molecule has 1 aromatic heterocycles. The molecule has 1 aliphatic heterocycles. The number of hydrogen-bond donors (Lipinski definition) is 0. The van der Waals surface area contributed by atoms with E-state index < -0.39 is 0 Å². The molecule has 0 fully saturated rings. The Balaban J connectivity index is 1.46. The van der Waals surface area contributed by atoms with E-state index in [-0.39, 0.29) is 12.0 Å². The number of hydrogen-bond acceptors (Lipinski definition) is 5. The smallest absolute Gasteiger partial charge is 0.256 e. The molecule has 0 saturated carbocycles. The Morgan fingerprint density at radius 1 is 1.07 bits per heavy atom. The quantitative estimate of drug-likeness (QED) is 0.653. The SMILES string of the molecule is CN(C[C@H]1COc2ccccc2O1)C(=O)c1cccnc1Sc1ccccc1. The molecule has 1 amide bonds. The molecule has 3 aromatic rings. The number of pyridine rings is 1. The molecule has 0 spiro atoms. The van der Waals surface area contributed by atoms with Gasteiger partial charge in [-0.15, -0.1) is 0 Å². The Hall–Kier alpha value is -2.99. The van der Waals surface area contributed by atoms with Gasteiger partial charge in [0.1, 0.15) is 11.6 Å². The van der Waals surface area contributed by atoms with Crippen LogP contribution in [0, 0.1) is 0 Å². The van der Waals surface area contributed by atoms with Crippen LogP contribution < -0.4 is 9.47 Å². The fraction of sp³-hybridized carbons (Fsp3) is 0.182. The molecule has 0 bridgehead atoms. The van der Waals surface area contributed by atoms with Crippen LogP contribution in [0.4, 0.5) is 0 Å².